The van der Waals surface area contributed by atoms with Crippen molar-refractivity contribution >= 4 is 29.5 Å². The minimum absolute atomic E-state index is 0.0617. The Morgan fingerprint density at radius 3 is 2.14 bits per heavy atom. The van der Waals surface area contributed by atoms with E-state index in [-0.39, 0.29) is 51.0 Å². The van der Waals surface area contributed by atoms with E-state index < -0.39 is 144 Å². The number of rotatable bonds is 16. The molecule has 74 heavy (non-hydrogen) atoms. The maximum absolute atomic E-state index is 15.5. The second-order valence-corrected chi connectivity index (χ2v) is 22.9. The maximum Gasteiger partial charge on any atom is 0.410 e. The van der Waals surface area contributed by atoms with Gasteiger partial charge in [0.1, 0.15) is 31.5 Å². The molecule has 21 atom stereocenters. The predicted octanol–water partition coefficient (Wildman–Crippen LogP) is 5.14. The number of ketones is 1. The lowest BCUT2D eigenvalue weighted by Gasteiger charge is -2.44. The van der Waals surface area contributed by atoms with Crippen LogP contribution >= 0.6 is 0 Å². The number of aliphatic hydroxyl groups is 2. The van der Waals surface area contributed by atoms with E-state index in [0.29, 0.717) is 18.7 Å². The third-order valence-corrected chi connectivity index (χ3v) is 16.0. The van der Waals surface area contributed by atoms with Crippen LogP contribution in [0.15, 0.2) is 5.16 Å². The van der Waals surface area contributed by atoms with Gasteiger partial charge in [-0.2, -0.15) is 0 Å². The molecule has 21 nitrogen and oxygen atoms in total. The molecule has 1 amide bonds. The molecule has 0 aliphatic carbocycles. The Labute approximate surface area is 439 Å². The van der Waals surface area contributed by atoms with Crippen LogP contribution in [0.2, 0.25) is 0 Å². The molecule has 4 rings (SSSR count). The van der Waals surface area contributed by atoms with Gasteiger partial charge in [0.05, 0.1) is 61.3 Å². The second-order valence-electron chi connectivity index (χ2n) is 22.9. The van der Waals surface area contributed by atoms with E-state index >= 15 is 4.79 Å². The van der Waals surface area contributed by atoms with Gasteiger partial charge in [0.25, 0.3) is 0 Å². The molecule has 4 aliphatic rings. The van der Waals surface area contributed by atoms with Crippen molar-refractivity contribution in [2.45, 2.75) is 201 Å². The molecule has 0 aromatic rings. The van der Waals surface area contributed by atoms with Gasteiger partial charge in [-0.3, -0.25) is 14.4 Å². The molecule has 428 valence electrons. The third kappa shape index (κ3) is 15.8. The number of carboxylic acids is 1. The Morgan fingerprint density at radius 1 is 0.892 bits per heavy atom. The second kappa shape index (κ2) is 27.5. The van der Waals surface area contributed by atoms with Crippen molar-refractivity contribution in [3.05, 3.63) is 0 Å². The lowest BCUT2D eigenvalue weighted by atomic mass is 9.64. The van der Waals surface area contributed by atoms with E-state index in [9.17, 15) is 29.7 Å². The van der Waals surface area contributed by atoms with Gasteiger partial charge in [0, 0.05) is 65.6 Å². The van der Waals surface area contributed by atoms with Gasteiger partial charge in [-0.15, -0.1) is 0 Å². The number of aliphatic carboxylic acids is 1. The first-order valence-corrected chi connectivity index (χ1v) is 26.5. The summed E-state index contributed by atoms with van der Waals surface area (Å²) in [5.41, 5.74) is -2.51. The molecule has 0 bridgehead atoms. The van der Waals surface area contributed by atoms with E-state index in [1.165, 1.54) is 40.3 Å². The van der Waals surface area contributed by atoms with Gasteiger partial charge in [0.15, 0.2) is 30.3 Å². The minimum atomic E-state index is -1.80. The van der Waals surface area contributed by atoms with Crippen molar-refractivity contribution in [3.8, 4) is 0 Å². The molecule has 0 radical (unpaired) electrons. The van der Waals surface area contributed by atoms with Crippen molar-refractivity contribution < 1.29 is 86.7 Å². The number of oxime groups is 1. The smallest absolute Gasteiger partial charge is 0.410 e. The van der Waals surface area contributed by atoms with Crippen LogP contribution in [-0.2, 0) is 66.6 Å². The number of carbonyl (C=O) groups is 4. The van der Waals surface area contributed by atoms with Gasteiger partial charge in [0.2, 0.25) is 0 Å². The van der Waals surface area contributed by atoms with Crippen molar-refractivity contribution in [3.63, 3.8) is 0 Å². The molecule has 0 aromatic heterocycles. The summed E-state index contributed by atoms with van der Waals surface area (Å²) < 4.78 is 62.2. The fraction of sp³-hybridized carbons (Fsp3) is 0.906. The normalized spacial score (nSPS) is 40.0. The van der Waals surface area contributed by atoms with Gasteiger partial charge in [-0.25, -0.2) is 4.79 Å². The Kier molecular flexibility index (Phi) is 23.6. The molecule has 4 aliphatic heterocycles. The van der Waals surface area contributed by atoms with Gasteiger partial charge < -0.3 is 77.3 Å². The molecule has 2 unspecified atom stereocenters. The SMILES string of the molecule is CON=C1C[C@@H](C)O[C@@H](O[C@@H]2[C@@H](C)[C@H](O[C@H]3C[C@@H](C)N(C)C[C@H](C)O3)[C@@H](C)C(=O)OCCC(CC(C)(C)[C@H](C(=O)O)C(C)CO[C@@H]3O[C@H](C)[C@@H](O)[C@@H](OC)[C@H]3OC)[C@@H](C)C(=O)[C@@](C)(OC(=O)N(C)C)C[C@@H]2C)[C@@H]1O. The maximum atomic E-state index is 15.5. The first-order valence-electron chi connectivity index (χ1n) is 26.5. The zero-order chi connectivity index (χ0) is 55.7. The van der Waals surface area contributed by atoms with Crippen LogP contribution in [-0.4, -0.2) is 202 Å². The Morgan fingerprint density at radius 2 is 1.54 bits per heavy atom. The summed E-state index contributed by atoms with van der Waals surface area (Å²) in [5.74, 6) is -7.49. The lowest BCUT2D eigenvalue weighted by Crippen LogP contribution is -2.59. The molecule has 3 N–H and O–H groups in total. The van der Waals surface area contributed by atoms with Crippen LogP contribution in [0.4, 0.5) is 4.79 Å². The lowest BCUT2D eigenvalue weighted by molar-refractivity contribution is -0.304. The number of likely N-dealkylation sites (N-methyl/N-ethyl adjacent to an activating group) is 1. The fourth-order valence-corrected chi connectivity index (χ4v) is 11.9. The monoisotopic (exact) mass is 1060 g/mol. The number of nitrogens with zero attached hydrogens (tertiary/aromatic N) is 3. The Bertz CT molecular complexity index is 1860. The summed E-state index contributed by atoms with van der Waals surface area (Å²) in [6, 6.07) is 0.0617. The first kappa shape index (κ1) is 63.4. The Balaban J connectivity index is 1.80. The first-order chi connectivity index (χ1) is 34.5. The van der Waals surface area contributed by atoms with Crippen LogP contribution in [0.1, 0.15) is 115 Å². The van der Waals surface area contributed by atoms with Crippen molar-refractivity contribution in [1.29, 1.82) is 0 Å². The van der Waals surface area contributed by atoms with Gasteiger partial charge in [-0.05, 0) is 91.0 Å². The summed E-state index contributed by atoms with van der Waals surface area (Å²) in [5, 5.41) is 37.4. The number of aliphatic hydroxyl groups excluding tert-OH is 2. The van der Waals surface area contributed by atoms with Crippen molar-refractivity contribution in [1.82, 2.24) is 9.80 Å². The van der Waals surface area contributed by atoms with E-state index in [2.05, 4.69) is 17.0 Å². The predicted molar refractivity (Wildman–Crippen MR) is 271 cm³/mol. The van der Waals surface area contributed by atoms with E-state index in [1.807, 2.05) is 48.6 Å². The largest absolute Gasteiger partial charge is 0.481 e. The number of Topliss-reactive ketones (excluding diaryl/α,β-unsaturated/α-hetero) is 1. The zero-order valence-corrected chi connectivity index (χ0v) is 47.5. The van der Waals surface area contributed by atoms with Crippen molar-refractivity contribution in [2.75, 3.05) is 62.2 Å². The standard InChI is InChI=1S/C53H93N3O18/c1-27-23-53(12,74-51(63)55(13)14)46(59)32(6)36(24-52(10,11)39(47(60)61)28(2)26-68-50-45(65-17)44(64-16)40(57)35(9)71-50)19-20-67-48(62)34(8)43(72-38-21-29(3)56(15)25-31(5)69-38)33(7)42(27)73-49-41(58)37(54-66-18)22-30(4)70-49/h27-36,38-45,49-50,57-58H,19-26H2,1-18H3,(H,60,61)/t27-,28?,29+,30+,31-,32+,33+,34+,35+,36?,38-,39-,40+,41+,42-,43-,44+,45+,49-,50+,53-/m0/s1. The number of cyclic esters (lactones) is 1. The minimum Gasteiger partial charge on any atom is -0.481 e. The van der Waals surface area contributed by atoms with Crippen LogP contribution in [0.25, 0.3) is 0 Å². The molecule has 4 saturated heterocycles. The fourth-order valence-electron chi connectivity index (χ4n) is 11.9. The molecule has 4 fully saturated rings. The average Bonchev–Trinajstić information content (AvgIpc) is 3.43. The zero-order valence-electron chi connectivity index (χ0n) is 47.5. The van der Waals surface area contributed by atoms with Crippen LogP contribution < -0.4 is 0 Å². The number of carbonyl (C=O) groups excluding carboxylic acids is 3. The molecular formula is C53H93N3O18. The quantitative estimate of drug-likeness (QED) is 0.134. The summed E-state index contributed by atoms with van der Waals surface area (Å²) in [6.45, 7) is 22.2. The molecule has 0 saturated carbocycles. The van der Waals surface area contributed by atoms with Gasteiger partial charge in [-0.1, -0.05) is 46.7 Å². The summed E-state index contributed by atoms with van der Waals surface area (Å²) in [4.78, 5) is 65.6. The molecule has 0 aromatic carbocycles. The van der Waals surface area contributed by atoms with Crippen LogP contribution in [0.3, 0.4) is 0 Å². The number of hydrogen-bond acceptors (Lipinski definition) is 19. The summed E-state index contributed by atoms with van der Waals surface area (Å²) in [6.07, 6.45) is -9.84. The molecular weight excluding hydrogens is 967 g/mol. The highest BCUT2D eigenvalue weighted by atomic mass is 16.7. The number of esters is 1. The number of carboxylic acid groups (broad SMARTS) is 1. The summed E-state index contributed by atoms with van der Waals surface area (Å²) in [7, 11) is 9.34. The van der Waals surface area contributed by atoms with E-state index in [0.717, 1.165) is 0 Å². The van der Waals surface area contributed by atoms with Crippen LogP contribution in [0, 0.1) is 46.8 Å². The number of methoxy groups -OCH3 is 2. The summed E-state index contributed by atoms with van der Waals surface area (Å²) >= 11 is 0. The highest BCUT2D eigenvalue weighted by Gasteiger charge is 2.52. The topological polar surface area (TPSA) is 249 Å². The highest BCUT2D eigenvalue weighted by molar-refractivity contribution is 5.91. The average molecular weight is 1060 g/mol. The molecule has 21 heteroatoms. The molecule has 0 spiro atoms. The van der Waals surface area contributed by atoms with Crippen molar-refractivity contribution in [2.24, 2.45) is 52.0 Å². The van der Waals surface area contributed by atoms with Crippen LogP contribution in [0.5, 0.6) is 0 Å². The number of ether oxygens (including phenoxy) is 10. The highest BCUT2D eigenvalue weighted by Crippen LogP contribution is 2.45. The number of amides is 1. The van der Waals surface area contributed by atoms with E-state index in [4.69, 9.17) is 52.2 Å². The van der Waals surface area contributed by atoms with E-state index in [1.54, 1.807) is 34.6 Å². The van der Waals surface area contributed by atoms with Gasteiger partial charge >= 0.3 is 18.0 Å². The Hall–Kier alpha value is -3.09. The number of hydrogen-bond donors (Lipinski definition) is 3. The molecule has 4 heterocycles. The third-order valence-electron chi connectivity index (χ3n) is 16.0.